The first-order chi connectivity index (χ1) is 18.8. The number of nitrogens with one attached hydrogen (secondary N) is 2. The number of alkyl halides is 6. The van der Waals surface area contributed by atoms with Crippen LogP contribution in [0.3, 0.4) is 0 Å². The van der Waals surface area contributed by atoms with Crippen LogP contribution in [-0.4, -0.2) is 61.1 Å². The highest BCUT2D eigenvalue weighted by Crippen LogP contribution is 2.46. The van der Waals surface area contributed by atoms with E-state index in [9.17, 15) is 40.8 Å². The Balaban J connectivity index is 1.86. The molecule has 2 aromatic heterocycles. The van der Waals surface area contributed by atoms with Gasteiger partial charge in [0.25, 0.3) is 0 Å². The maximum absolute atomic E-state index is 14.1. The lowest BCUT2D eigenvalue weighted by molar-refractivity contribution is -0.274. The molecule has 3 atom stereocenters. The Bertz CT molecular complexity index is 1410. The summed E-state index contributed by atoms with van der Waals surface area (Å²) in [6.07, 6.45) is -9.31. The minimum atomic E-state index is -5.11. The quantitative estimate of drug-likeness (QED) is 0.171. The van der Waals surface area contributed by atoms with E-state index in [1.165, 1.54) is 24.1 Å². The van der Waals surface area contributed by atoms with E-state index in [1.54, 1.807) is 0 Å². The Morgan fingerprint density at radius 2 is 1.76 bits per heavy atom. The van der Waals surface area contributed by atoms with Crippen LogP contribution in [0.4, 0.5) is 32.2 Å². The average Bonchev–Trinajstić information content (AvgIpc) is 3.24. The van der Waals surface area contributed by atoms with Gasteiger partial charge >= 0.3 is 18.5 Å². The fraction of sp³-hybridized carbons (Fsp3) is 0.455. The molecule has 19 heteroatoms. The highest BCUT2D eigenvalue weighted by atomic mass is 31.2. The van der Waals surface area contributed by atoms with E-state index in [4.69, 9.17) is 10.5 Å². The fourth-order valence-electron chi connectivity index (χ4n) is 3.60. The monoisotopic (exact) mass is 613 g/mol. The molecule has 226 valence electrons. The molecule has 0 radical (unpaired) electrons. The highest BCUT2D eigenvalue weighted by molar-refractivity contribution is 7.59. The first-order valence-electron chi connectivity index (χ1n) is 11.6. The number of imidazole rings is 1. The molecule has 1 aromatic carbocycles. The van der Waals surface area contributed by atoms with Crippen molar-refractivity contribution in [3.8, 4) is 5.75 Å². The second-order valence-electron chi connectivity index (χ2n) is 9.44. The fourth-order valence-corrected chi connectivity index (χ4v) is 5.98. The van der Waals surface area contributed by atoms with Crippen LogP contribution in [0, 0.1) is 0 Å². The minimum Gasteiger partial charge on any atom is -0.480 e. The van der Waals surface area contributed by atoms with Crippen LogP contribution in [0.15, 0.2) is 36.9 Å². The number of benzene rings is 1. The lowest BCUT2D eigenvalue weighted by atomic mass is 10.1. The molecule has 12 nitrogen and oxygen atoms in total. The van der Waals surface area contributed by atoms with Crippen LogP contribution in [0.1, 0.15) is 32.4 Å². The van der Waals surface area contributed by atoms with Gasteiger partial charge in [0.05, 0.1) is 19.0 Å². The van der Waals surface area contributed by atoms with Crippen molar-refractivity contribution >= 4 is 30.4 Å². The summed E-state index contributed by atoms with van der Waals surface area (Å²) in [7, 11) is -4.56. The molecule has 41 heavy (non-hydrogen) atoms. The number of hydrogen-bond acceptors (Lipinski definition) is 8. The van der Waals surface area contributed by atoms with Crippen LogP contribution < -0.4 is 20.6 Å². The molecule has 5 N–H and O–H groups in total. The second-order valence-corrected chi connectivity index (χ2v) is 11.7. The number of nitrogens with zero attached hydrogens (tertiary/aromatic N) is 4. The molecule has 0 spiro atoms. The Hall–Kier alpha value is -3.47. The van der Waals surface area contributed by atoms with Crippen LogP contribution in [0.25, 0.3) is 11.2 Å². The summed E-state index contributed by atoms with van der Waals surface area (Å²) in [4.78, 5) is 23.7. The third kappa shape index (κ3) is 8.51. The van der Waals surface area contributed by atoms with Gasteiger partial charge in [-0.05, 0) is 38.5 Å². The highest BCUT2D eigenvalue weighted by Gasteiger charge is 2.47. The average molecular weight is 613 g/mol. The molecule has 0 amide bonds. The molecule has 0 saturated heterocycles. The van der Waals surface area contributed by atoms with E-state index < -0.39 is 61.3 Å². The van der Waals surface area contributed by atoms with Crippen molar-refractivity contribution in [3.63, 3.8) is 0 Å². The smallest absolute Gasteiger partial charge is 0.480 e. The van der Waals surface area contributed by atoms with Crippen molar-refractivity contribution in [2.75, 3.05) is 12.1 Å². The van der Waals surface area contributed by atoms with E-state index in [1.807, 2.05) is 5.09 Å². The number of fused-ring (bicyclic) bond motifs is 1. The van der Waals surface area contributed by atoms with Gasteiger partial charge in [-0.15, -0.1) is 13.2 Å². The van der Waals surface area contributed by atoms with Crippen molar-refractivity contribution in [1.82, 2.24) is 29.7 Å². The van der Waals surface area contributed by atoms with E-state index >= 15 is 0 Å². The number of aliphatic carboxylic acids is 1. The normalized spacial score (nSPS) is 15.8. The van der Waals surface area contributed by atoms with Crippen LogP contribution in [-0.2, 0) is 20.6 Å². The summed E-state index contributed by atoms with van der Waals surface area (Å²) < 4.78 is 104. The zero-order valence-electron chi connectivity index (χ0n) is 21.7. The molecule has 3 aromatic rings. The van der Waals surface area contributed by atoms with Crippen molar-refractivity contribution in [2.24, 2.45) is 0 Å². The molecule has 0 aliphatic rings. The topological polar surface area (TPSA) is 167 Å². The first-order valence-corrected chi connectivity index (χ1v) is 13.5. The van der Waals surface area contributed by atoms with E-state index in [0.29, 0.717) is 35.4 Å². The number of rotatable bonds is 12. The number of nitrogens with two attached hydrogens (primary N) is 1. The lowest BCUT2D eigenvalue weighted by Crippen LogP contribution is -2.49. The van der Waals surface area contributed by atoms with Crippen LogP contribution in [0.2, 0.25) is 0 Å². The standard InChI is InChI=1S/C22H26F6N7O5P/c1-12(8-35-10-32-15-17(29)30-9-31-18(15)35)39-11-41(38,34-20(2,3)19(36)37)33-16(21(23,24)25)13-4-6-14(7-5-13)40-22(26,27)28/h4-7,9-10,12,16H,8,11H2,1-3H3,(H,36,37)(H2,29,30,31)(H2,33,34,38)/t12-,16+,41?/m0/s1. The van der Waals surface area contributed by atoms with Gasteiger partial charge in [0, 0.05) is 0 Å². The van der Waals surface area contributed by atoms with Gasteiger partial charge in [0.1, 0.15) is 35.5 Å². The van der Waals surface area contributed by atoms with Crippen molar-refractivity contribution in [1.29, 1.82) is 0 Å². The molecule has 0 aliphatic carbocycles. The number of carboxylic acid groups (broad SMARTS) is 1. The molecule has 0 bridgehead atoms. The second kappa shape index (κ2) is 11.8. The van der Waals surface area contributed by atoms with Gasteiger partial charge in [-0.25, -0.2) is 25.1 Å². The van der Waals surface area contributed by atoms with E-state index in [2.05, 4.69) is 24.8 Å². The summed E-state index contributed by atoms with van der Waals surface area (Å²) in [5.74, 6) is -2.18. The Kier molecular flexibility index (Phi) is 9.22. The number of carboxylic acids is 1. The summed E-state index contributed by atoms with van der Waals surface area (Å²) in [5, 5.41) is 13.7. The van der Waals surface area contributed by atoms with Crippen molar-refractivity contribution < 1.29 is 50.3 Å². The number of hydrogen-bond donors (Lipinski definition) is 4. The van der Waals surface area contributed by atoms with E-state index in [-0.39, 0.29) is 12.4 Å². The Morgan fingerprint density at radius 3 is 2.32 bits per heavy atom. The maximum Gasteiger partial charge on any atom is 0.573 e. The summed E-state index contributed by atoms with van der Waals surface area (Å²) in [6.45, 7) is 3.73. The molecule has 1 unspecified atom stereocenters. The van der Waals surface area contributed by atoms with Crippen molar-refractivity contribution in [2.45, 2.75) is 57.5 Å². The lowest BCUT2D eigenvalue weighted by Gasteiger charge is -2.33. The molecular weight excluding hydrogens is 587 g/mol. The predicted molar refractivity (Wildman–Crippen MR) is 133 cm³/mol. The van der Waals surface area contributed by atoms with Crippen LogP contribution >= 0.6 is 7.44 Å². The molecule has 0 aliphatic heterocycles. The number of carbonyl (C=O) groups is 1. The number of halogens is 6. The molecule has 3 rings (SSSR count). The molecule has 0 saturated carbocycles. The van der Waals surface area contributed by atoms with Gasteiger partial charge in [-0.2, -0.15) is 13.2 Å². The largest absolute Gasteiger partial charge is 0.573 e. The number of ether oxygens (including phenoxy) is 2. The summed E-state index contributed by atoms with van der Waals surface area (Å²) in [6, 6.07) is 0.0435. The number of aromatic nitrogens is 4. The number of nitrogen functional groups attached to an aromatic ring is 1. The summed E-state index contributed by atoms with van der Waals surface area (Å²) >= 11 is 0. The predicted octanol–water partition coefficient (Wildman–Crippen LogP) is 4.21. The van der Waals surface area contributed by atoms with Gasteiger partial charge in [0.15, 0.2) is 11.5 Å². The van der Waals surface area contributed by atoms with Gasteiger partial charge < -0.3 is 24.9 Å². The van der Waals surface area contributed by atoms with Crippen molar-refractivity contribution in [3.05, 3.63) is 42.5 Å². The maximum atomic E-state index is 14.1. The molecule has 0 fully saturated rings. The van der Waals surface area contributed by atoms with Gasteiger partial charge in [-0.3, -0.25) is 9.36 Å². The third-order valence-electron chi connectivity index (χ3n) is 5.53. The third-order valence-corrected chi connectivity index (χ3v) is 7.64. The first kappa shape index (κ1) is 32.0. The van der Waals surface area contributed by atoms with Gasteiger partial charge in [0.2, 0.25) is 7.44 Å². The zero-order valence-corrected chi connectivity index (χ0v) is 22.6. The zero-order chi connectivity index (χ0) is 30.8. The summed E-state index contributed by atoms with van der Waals surface area (Å²) in [5.41, 5.74) is 3.80. The van der Waals surface area contributed by atoms with E-state index in [0.717, 1.165) is 13.8 Å². The molecule has 2 heterocycles. The minimum absolute atomic E-state index is 0.0403. The number of anilines is 1. The van der Waals surface area contributed by atoms with Crippen LogP contribution in [0.5, 0.6) is 5.75 Å². The Labute approximate surface area is 228 Å². The Morgan fingerprint density at radius 1 is 1.12 bits per heavy atom. The SMILES string of the molecule is C[C@@H](Cn1cnc2c(N)ncnc21)OCP(=O)(N[C@H](c1ccc(OC(F)(F)F)cc1)C(F)(F)F)NC(C)(C)C(=O)O. The van der Waals surface area contributed by atoms with Gasteiger partial charge in [-0.1, -0.05) is 12.1 Å². The molecular formula is C22H26F6N7O5P.